The standard InChI is InChI=1S/C24H24BrNS2/c25-22-6-1-2-7-24(22)28-19-10-11-23-20(15-19)21(16-27-23)17-8-9-18-5-3-4-13-26(18)14-12-17/h1-2,6-7,10-12,15-16,18H,3-5,8-9,13-14H2. The van der Waals surface area contributed by atoms with Gasteiger partial charge in [-0.25, -0.2) is 0 Å². The zero-order valence-corrected chi connectivity index (χ0v) is 19.1. The first-order valence-corrected chi connectivity index (χ1v) is 12.6. The second-order valence-electron chi connectivity index (χ2n) is 7.75. The van der Waals surface area contributed by atoms with Crippen LogP contribution in [0.4, 0.5) is 0 Å². The van der Waals surface area contributed by atoms with Crippen LogP contribution in [0.3, 0.4) is 0 Å². The van der Waals surface area contributed by atoms with Gasteiger partial charge in [0, 0.05) is 36.9 Å². The molecule has 2 aliphatic rings. The molecule has 0 amide bonds. The molecule has 0 spiro atoms. The summed E-state index contributed by atoms with van der Waals surface area (Å²) in [6, 6.07) is 16.2. The first kappa shape index (κ1) is 18.9. The van der Waals surface area contributed by atoms with Crippen LogP contribution in [0.25, 0.3) is 15.7 Å². The largest absolute Gasteiger partial charge is 0.297 e. The highest BCUT2D eigenvalue weighted by atomic mass is 79.9. The van der Waals surface area contributed by atoms with Gasteiger partial charge in [-0.3, -0.25) is 4.90 Å². The maximum Gasteiger partial charge on any atom is 0.0349 e. The molecule has 1 saturated heterocycles. The van der Waals surface area contributed by atoms with Gasteiger partial charge in [0.05, 0.1) is 0 Å². The molecule has 0 aliphatic carbocycles. The van der Waals surface area contributed by atoms with Crippen LogP contribution in [0, 0.1) is 0 Å². The molecule has 1 nitrogen and oxygen atoms in total. The summed E-state index contributed by atoms with van der Waals surface area (Å²) in [4.78, 5) is 5.29. The number of hydrogen-bond donors (Lipinski definition) is 0. The molecule has 3 heterocycles. The number of benzene rings is 2. The Labute approximate surface area is 184 Å². The third kappa shape index (κ3) is 3.85. The van der Waals surface area contributed by atoms with Crippen molar-refractivity contribution in [1.82, 2.24) is 4.90 Å². The van der Waals surface area contributed by atoms with E-state index in [9.17, 15) is 0 Å². The van der Waals surface area contributed by atoms with Crippen LogP contribution in [-0.4, -0.2) is 24.0 Å². The lowest BCUT2D eigenvalue weighted by Crippen LogP contribution is -2.38. The van der Waals surface area contributed by atoms with Crippen molar-refractivity contribution in [3.63, 3.8) is 0 Å². The first-order valence-electron chi connectivity index (χ1n) is 10.1. The summed E-state index contributed by atoms with van der Waals surface area (Å²) in [7, 11) is 0. The molecule has 0 radical (unpaired) electrons. The van der Waals surface area contributed by atoms with Gasteiger partial charge in [-0.2, -0.15) is 0 Å². The minimum Gasteiger partial charge on any atom is -0.297 e. The van der Waals surface area contributed by atoms with Crippen LogP contribution in [0.5, 0.6) is 0 Å². The number of halogens is 1. The van der Waals surface area contributed by atoms with E-state index in [0.717, 1.165) is 17.1 Å². The summed E-state index contributed by atoms with van der Waals surface area (Å²) >= 11 is 7.40. The third-order valence-electron chi connectivity index (χ3n) is 6.02. The van der Waals surface area contributed by atoms with E-state index in [0.29, 0.717) is 0 Å². The molecule has 1 atom stereocenters. The molecule has 28 heavy (non-hydrogen) atoms. The molecule has 5 rings (SSSR count). The Morgan fingerprint density at radius 1 is 1.07 bits per heavy atom. The van der Waals surface area contributed by atoms with Crippen molar-refractivity contribution in [2.75, 3.05) is 13.1 Å². The molecule has 4 heteroatoms. The van der Waals surface area contributed by atoms with Crippen molar-refractivity contribution in [3.8, 4) is 0 Å². The van der Waals surface area contributed by atoms with Gasteiger partial charge in [0.2, 0.25) is 0 Å². The smallest absolute Gasteiger partial charge is 0.0349 e. The van der Waals surface area contributed by atoms with Crippen molar-refractivity contribution >= 4 is 54.7 Å². The SMILES string of the molecule is Brc1ccccc1Sc1ccc2scc(C3=CCN4CCCCC4CC3)c2c1. The summed E-state index contributed by atoms with van der Waals surface area (Å²) in [5, 5.41) is 3.81. The highest BCUT2D eigenvalue weighted by Crippen LogP contribution is 2.40. The lowest BCUT2D eigenvalue weighted by Gasteiger charge is -2.33. The average Bonchev–Trinajstić information content (AvgIpc) is 3.01. The van der Waals surface area contributed by atoms with Gasteiger partial charge in [-0.1, -0.05) is 36.4 Å². The van der Waals surface area contributed by atoms with Crippen LogP contribution < -0.4 is 0 Å². The van der Waals surface area contributed by atoms with E-state index in [1.807, 2.05) is 23.1 Å². The van der Waals surface area contributed by atoms with E-state index >= 15 is 0 Å². The van der Waals surface area contributed by atoms with Gasteiger partial charge < -0.3 is 0 Å². The molecular weight excluding hydrogens is 446 g/mol. The van der Waals surface area contributed by atoms with Crippen molar-refractivity contribution in [2.45, 2.75) is 47.9 Å². The molecule has 1 fully saturated rings. The van der Waals surface area contributed by atoms with Gasteiger partial charge in [0.1, 0.15) is 0 Å². The van der Waals surface area contributed by atoms with Gasteiger partial charge >= 0.3 is 0 Å². The Kier molecular flexibility index (Phi) is 5.64. The molecule has 0 saturated carbocycles. The molecule has 2 aliphatic heterocycles. The second-order valence-corrected chi connectivity index (χ2v) is 10.6. The van der Waals surface area contributed by atoms with Crippen molar-refractivity contribution in [1.29, 1.82) is 0 Å². The normalized spacial score (nSPS) is 20.6. The Hall–Kier alpha value is -1.07. The second kappa shape index (κ2) is 8.35. The first-order chi connectivity index (χ1) is 13.8. The molecule has 0 N–H and O–H groups in total. The van der Waals surface area contributed by atoms with Crippen LogP contribution in [0.1, 0.15) is 37.7 Å². The number of hydrogen-bond acceptors (Lipinski definition) is 3. The van der Waals surface area contributed by atoms with Crippen molar-refractivity contribution in [2.24, 2.45) is 0 Å². The fourth-order valence-electron chi connectivity index (χ4n) is 4.50. The monoisotopic (exact) mass is 469 g/mol. The van der Waals surface area contributed by atoms with Crippen LogP contribution >= 0.6 is 39.0 Å². The number of piperidine rings is 1. The minimum atomic E-state index is 0.800. The fraction of sp³-hybridized carbons (Fsp3) is 0.333. The van der Waals surface area contributed by atoms with E-state index in [2.05, 4.69) is 74.8 Å². The Balaban J connectivity index is 1.45. The maximum absolute atomic E-state index is 3.68. The number of nitrogens with zero attached hydrogens (tertiary/aromatic N) is 1. The van der Waals surface area contributed by atoms with Crippen molar-refractivity contribution in [3.05, 3.63) is 64.0 Å². The van der Waals surface area contributed by atoms with Crippen LogP contribution in [0.15, 0.2) is 68.2 Å². The van der Waals surface area contributed by atoms with E-state index in [4.69, 9.17) is 0 Å². The van der Waals surface area contributed by atoms with E-state index in [-0.39, 0.29) is 0 Å². The van der Waals surface area contributed by atoms with Crippen LogP contribution in [-0.2, 0) is 0 Å². The molecule has 1 unspecified atom stereocenters. The topological polar surface area (TPSA) is 3.24 Å². The van der Waals surface area contributed by atoms with E-state index < -0.39 is 0 Å². The summed E-state index contributed by atoms with van der Waals surface area (Å²) in [6.07, 6.45) is 9.21. The Bertz CT molecular complexity index is 1020. The number of fused-ring (bicyclic) bond motifs is 2. The molecule has 0 bridgehead atoms. The van der Waals surface area contributed by atoms with Gasteiger partial charge in [-0.15, -0.1) is 11.3 Å². The molecule has 2 aromatic carbocycles. The average molecular weight is 471 g/mol. The molecule has 3 aromatic rings. The lowest BCUT2D eigenvalue weighted by atomic mass is 9.95. The Morgan fingerprint density at radius 2 is 2.00 bits per heavy atom. The number of rotatable bonds is 3. The van der Waals surface area contributed by atoms with Gasteiger partial charge in [-0.05, 0) is 95.0 Å². The fourth-order valence-corrected chi connectivity index (χ4v) is 6.87. The third-order valence-corrected chi connectivity index (χ3v) is 9.01. The number of allylic oxidation sites excluding steroid dienone is 1. The summed E-state index contributed by atoms with van der Waals surface area (Å²) in [6.45, 7) is 2.41. The van der Waals surface area contributed by atoms with Gasteiger partial charge in [0.25, 0.3) is 0 Å². The van der Waals surface area contributed by atoms with Crippen molar-refractivity contribution < 1.29 is 0 Å². The zero-order valence-electron chi connectivity index (χ0n) is 15.9. The summed E-state index contributed by atoms with van der Waals surface area (Å²) in [5.74, 6) is 0. The highest BCUT2D eigenvalue weighted by molar-refractivity contribution is 9.10. The summed E-state index contributed by atoms with van der Waals surface area (Å²) < 4.78 is 2.56. The lowest BCUT2D eigenvalue weighted by molar-refractivity contribution is 0.161. The predicted molar refractivity (Wildman–Crippen MR) is 127 cm³/mol. The van der Waals surface area contributed by atoms with E-state index in [1.165, 1.54) is 64.1 Å². The zero-order chi connectivity index (χ0) is 18.9. The molecule has 1 aromatic heterocycles. The Morgan fingerprint density at radius 3 is 2.93 bits per heavy atom. The van der Waals surface area contributed by atoms with Gasteiger partial charge in [0.15, 0.2) is 0 Å². The predicted octanol–water partition coefficient (Wildman–Crippen LogP) is 7.85. The summed E-state index contributed by atoms with van der Waals surface area (Å²) in [5.41, 5.74) is 3.03. The molecular formula is C24H24BrNS2. The minimum absolute atomic E-state index is 0.800. The maximum atomic E-state index is 3.68. The molecule has 144 valence electrons. The highest BCUT2D eigenvalue weighted by Gasteiger charge is 2.24. The van der Waals surface area contributed by atoms with Crippen LogP contribution in [0.2, 0.25) is 0 Å². The van der Waals surface area contributed by atoms with E-state index in [1.54, 1.807) is 5.57 Å². The number of thiophene rings is 1. The quantitative estimate of drug-likeness (QED) is 0.384.